The van der Waals surface area contributed by atoms with E-state index in [0.29, 0.717) is 0 Å². The normalized spacial score (nSPS) is 14.8. The van der Waals surface area contributed by atoms with Gasteiger partial charge in [-0.3, -0.25) is 0 Å². The topological polar surface area (TPSA) is 12.0 Å². The van der Waals surface area contributed by atoms with Gasteiger partial charge in [-0.05, 0) is 19.9 Å². The second-order valence-corrected chi connectivity index (χ2v) is 2.93. The van der Waals surface area contributed by atoms with Crippen molar-refractivity contribution in [3.05, 3.63) is 0 Å². The second-order valence-electron chi connectivity index (χ2n) is 2.93. The first-order chi connectivity index (χ1) is 5.49. The van der Waals surface area contributed by atoms with Gasteiger partial charge < -0.3 is 5.32 Å². The lowest BCUT2D eigenvalue weighted by Crippen LogP contribution is -2.26. The Labute approximate surface area is 71.3 Å². The molecule has 0 aromatic heterocycles. The molecule has 1 N–H and O–H groups in total. The molecule has 1 unspecified atom stereocenters. The van der Waals surface area contributed by atoms with Crippen molar-refractivity contribution in [1.29, 1.82) is 0 Å². The van der Waals surface area contributed by atoms with Gasteiger partial charge in [0.05, 0.1) is 0 Å². The quantitative estimate of drug-likeness (QED) is 0.691. The Morgan fingerprint density at radius 3 is 2.17 bits per heavy atom. The van der Waals surface area contributed by atoms with Gasteiger partial charge in [-0.2, -0.15) is 13.2 Å². The molecule has 0 fully saturated rings. The number of alkyl halides is 3. The number of rotatable bonds is 5. The molecule has 0 saturated heterocycles. The third-order valence-electron chi connectivity index (χ3n) is 1.82. The first-order valence-corrected chi connectivity index (χ1v) is 4.23. The van der Waals surface area contributed by atoms with Gasteiger partial charge in [0.15, 0.2) is 0 Å². The molecule has 1 atom stereocenters. The number of nitrogens with one attached hydrogen (secondary N) is 1. The highest BCUT2D eigenvalue weighted by Gasteiger charge is 2.27. The molecule has 0 spiro atoms. The van der Waals surface area contributed by atoms with E-state index in [2.05, 4.69) is 5.32 Å². The summed E-state index contributed by atoms with van der Waals surface area (Å²) in [6.45, 7) is 1.97. The van der Waals surface area contributed by atoms with Gasteiger partial charge in [0, 0.05) is 12.5 Å². The minimum atomic E-state index is -4.01. The molecule has 0 aliphatic rings. The average molecular weight is 183 g/mol. The van der Waals surface area contributed by atoms with Crippen LogP contribution in [0, 0.1) is 0 Å². The lowest BCUT2D eigenvalue weighted by Gasteiger charge is -2.15. The van der Waals surface area contributed by atoms with Crippen LogP contribution in [0.3, 0.4) is 0 Å². The summed E-state index contributed by atoms with van der Waals surface area (Å²) in [7, 11) is 1.71. The summed E-state index contributed by atoms with van der Waals surface area (Å²) in [6, 6.07) is 0.0108. The number of hydrogen-bond acceptors (Lipinski definition) is 1. The Hall–Kier alpha value is -0.250. The molecular formula is C8H16F3N. The van der Waals surface area contributed by atoms with Crippen molar-refractivity contribution in [1.82, 2.24) is 5.32 Å². The summed E-state index contributed by atoms with van der Waals surface area (Å²) in [5, 5.41) is 2.88. The summed E-state index contributed by atoms with van der Waals surface area (Å²) < 4.78 is 35.3. The first-order valence-electron chi connectivity index (χ1n) is 4.23. The molecule has 0 aliphatic carbocycles. The Balaban J connectivity index is 3.58. The van der Waals surface area contributed by atoms with E-state index < -0.39 is 12.6 Å². The van der Waals surface area contributed by atoms with Gasteiger partial charge in [0.25, 0.3) is 0 Å². The van der Waals surface area contributed by atoms with E-state index in [1.165, 1.54) is 0 Å². The van der Waals surface area contributed by atoms with Gasteiger partial charge in [-0.25, -0.2) is 0 Å². The number of halogens is 3. The molecule has 0 saturated carbocycles. The van der Waals surface area contributed by atoms with Crippen LogP contribution < -0.4 is 5.32 Å². The molecule has 0 bridgehead atoms. The highest BCUT2D eigenvalue weighted by molar-refractivity contribution is 4.65. The van der Waals surface area contributed by atoms with E-state index >= 15 is 0 Å². The van der Waals surface area contributed by atoms with Crippen LogP contribution in [0.4, 0.5) is 13.2 Å². The van der Waals surface area contributed by atoms with Crippen LogP contribution in [0.1, 0.15) is 32.6 Å². The van der Waals surface area contributed by atoms with E-state index in [-0.39, 0.29) is 12.5 Å². The lowest BCUT2D eigenvalue weighted by atomic mass is 10.1. The third-order valence-corrected chi connectivity index (χ3v) is 1.82. The minimum Gasteiger partial charge on any atom is -0.317 e. The highest BCUT2D eigenvalue weighted by Crippen LogP contribution is 2.22. The Bertz CT molecular complexity index is 111. The zero-order valence-electron chi connectivity index (χ0n) is 7.54. The molecule has 0 aliphatic heterocycles. The molecule has 4 heteroatoms. The molecule has 0 rings (SSSR count). The summed E-state index contributed by atoms with van der Waals surface area (Å²) in [4.78, 5) is 0. The monoisotopic (exact) mass is 183 g/mol. The molecule has 12 heavy (non-hydrogen) atoms. The van der Waals surface area contributed by atoms with Gasteiger partial charge in [0.2, 0.25) is 0 Å². The maximum absolute atomic E-state index is 11.8. The molecular weight excluding hydrogens is 167 g/mol. The first kappa shape index (κ1) is 11.8. The summed E-state index contributed by atoms with van der Waals surface area (Å²) in [5.41, 5.74) is 0. The third kappa shape index (κ3) is 6.46. The van der Waals surface area contributed by atoms with E-state index in [4.69, 9.17) is 0 Å². The van der Waals surface area contributed by atoms with Gasteiger partial charge >= 0.3 is 6.18 Å². The second kappa shape index (κ2) is 5.41. The fourth-order valence-electron chi connectivity index (χ4n) is 1.12. The van der Waals surface area contributed by atoms with Crippen LogP contribution in [-0.4, -0.2) is 19.3 Å². The van der Waals surface area contributed by atoms with Crippen LogP contribution in [0.2, 0.25) is 0 Å². The Morgan fingerprint density at radius 1 is 1.25 bits per heavy atom. The molecule has 0 radical (unpaired) electrons. The summed E-state index contributed by atoms with van der Waals surface area (Å²) in [5.74, 6) is 0. The molecule has 0 amide bonds. The fraction of sp³-hybridized carbons (Fsp3) is 1.00. The van der Waals surface area contributed by atoms with Gasteiger partial charge in [-0.1, -0.05) is 13.3 Å². The maximum Gasteiger partial charge on any atom is 0.389 e. The molecule has 1 nitrogen and oxygen atoms in total. The Kier molecular flexibility index (Phi) is 5.29. The van der Waals surface area contributed by atoms with Gasteiger partial charge in [0.1, 0.15) is 0 Å². The lowest BCUT2D eigenvalue weighted by molar-refractivity contribution is -0.136. The zero-order chi connectivity index (χ0) is 9.61. The largest absolute Gasteiger partial charge is 0.389 e. The van der Waals surface area contributed by atoms with Crippen molar-refractivity contribution in [3.63, 3.8) is 0 Å². The SMILES string of the molecule is CCCC(CCC(F)(F)F)NC. The average Bonchev–Trinajstić information content (AvgIpc) is 1.96. The standard InChI is InChI=1S/C8H16F3N/c1-3-4-7(12-2)5-6-8(9,10)11/h7,12H,3-6H2,1-2H3. The minimum absolute atomic E-state index is 0.0108. The van der Waals surface area contributed by atoms with E-state index in [1.807, 2.05) is 6.92 Å². The fourth-order valence-corrected chi connectivity index (χ4v) is 1.12. The van der Waals surface area contributed by atoms with Crippen LogP contribution in [0.25, 0.3) is 0 Å². The van der Waals surface area contributed by atoms with Crippen molar-refractivity contribution >= 4 is 0 Å². The van der Waals surface area contributed by atoms with Crippen LogP contribution in [0.5, 0.6) is 0 Å². The van der Waals surface area contributed by atoms with Crippen LogP contribution in [-0.2, 0) is 0 Å². The maximum atomic E-state index is 11.8. The predicted octanol–water partition coefficient (Wildman–Crippen LogP) is 2.72. The van der Waals surface area contributed by atoms with Crippen molar-refractivity contribution in [2.75, 3.05) is 7.05 Å². The van der Waals surface area contributed by atoms with Crippen molar-refractivity contribution < 1.29 is 13.2 Å². The molecule has 0 aromatic rings. The summed E-state index contributed by atoms with van der Waals surface area (Å²) >= 11 is 0. The van der Waals surface area contributed by atoms with E-state index in [1.54, 1.807) is 7.05 Å². The smallest absolute Gasteiger partial charge is 0.317 e. The van der Waals surface area contributed by atoms with E-state index in [0.717, 1.165) is 12.8 Å². The van der Waals surface area contributed by atoms with E-state index in [9.17, 15) is 13.2 Å². The molecule has 74 valence electrons. The van der Waals surface area contributed by atoms with Crippen molar-refractivity contribution in [2.24, 2.45) is 0 Å². The van der Waals surface area contributed by atoms with Crippen LogP contribution >= 0.6 is 0 Å². The number of hydrogen-bond donors (Lipinski definition) is 1. The highest BCUT2D eigenvalue weighted by atomic mass is 19.4. The molecule has 0 aromatic carbocycles. The summed E-state index contributed by atoms with van der Waals surface area (Å²) in [6.07, 6.45) is -2.77. The van der Waals surface area contributed by atoms with Crippen molar-refractivity contribution in [2.45, 2.75) is 44.8 Å². The molecule has 0 heterocycles. The van der Waals surface area contributed by atoms with Crippen LogP contribution in [0.15, 0.2) is 0 Å². The Morgan fingerprint density at radius 2 is 1.83 bits per heavy atom. The van der Waals surface area contributed by atoms with Crippen molar-refractivity contribution in [3.8, 4) is 0 Å². The zero-order valence-corrected chi connectivity index (χ0v) is 7.54. The predicted molar refractivity (Wildman–Crippen MR) is 43.0 cm³/mol. The van der Waals surface area contributed by atoms with Gasteiger partial charge in [-0.15, -0.1) is 0 Å².